The van der Waals surface area contributed by atoms with E-state index < -0.39 is 4.92 Å². The number of pyridine rings is 2. The van der Waals surface area contributed by atoms with Crippen LogP contribution in [-0.4, -0.2) is 14.9 Å². The summed E-state index contributed by atoms with van der Waals surface area (Å²) in [6.07, 6.45) is 3.45. The highest BCUT2D eigenvalue weighted by Gasteiger charge is 2.09. The Balaban J connectivity index is 2.16. The van der Waals surface area contributed by atoms with Crippen LogP contribution in [0.25, 0.3) is 0 Å². The van der Waals surface area contributed by atoms with Gasteiger partial charge in [0.1, 0.15) is 11.6 Å². The molecule has 0 unspecified atom stereocenters. The Labute approximate surface area is 109 Å². The van der Waals surface area contributed by atoms with E-state index in [0.29, 0.717) is 12.4 Å². The summed E-state index contributed by atoms with van der Waals surface area (Å²) in [7, 11) is 0. The predicted molar refractivity (Wildman–Crippen MR) is 71.6 cm³/mol. The van der Waals surface area contributed by atoms with E-state index >= 15 is 0 Å². The zero-order chi connectivity index (χ0) is 13.8. The molecule has 0 saturated carbocycles. The minimum absolute atomic E-state index is 0.0820. The summed E-state index contributed by atoms with van der Waals surface area (Å²) < 4.78 is 0. The van der Waals surface area contributed by atoms with Crippen molar-refractivity contribution in [2.24, 2.45) is 0 Å². The molecule has 0 saturated heterocycles. The van der Waals surface area contributed by atoms with Gasteiger partial charge < -0.3 is 11.1 Å². The molecule has 0 aromatic carbocycles. The van der Waals surface area contributed by atoms with Crippen molar-refractivity contribution in [3.8, 4) is 0 Å². The molecule has 2 rings (SSSR count). The molecule has 0 fully saturated rings. The third kappa shape index (κ3) is 3.15. The summed E-state index contributed by atoms with van der Waals surface area (Å²) in [5, 5.41) is 13.7. The van der Waals surface area contributed by atoms with E-state index in [4.69, 9.17) is 5.73 Å². The number of anilines is 2. The molecule has 0 amide bonds. The van der Waals surface area contributed by atoms with Crippen molar-refractivity contribution in [3.05, 3.63) is 51.8 Å². The number of nitro groups is 1. The van der Waals surface area contributed by atoms with Gasteiger partial charge in [-0.15, -0.1) is 0 Å². The van der Waals surface area contributed by atoms with Crippen molar-refractivity contribution in [1.29, 1.82) is 0 Å². The van der Waals surface area contributed by atoms with Crippen LogP contribution in [0.4, 0.5) is 17.3 Å². The van der Waals surface area contributed by atoms with Crippen molar-refractivity contribution >= 4 is 17.3 Å². The Morgan fingerprint density at radius 3 is 2.95 bits per heavy atom. The summed E-state index contributed by atoms with van der Waals surface area (Å²) >= 11 is 0. The number of nitrogens with zero attached hydrogens (tertiary/aromatic N) is 3. The fourth-order valence-electron chi connectivity index (χ4n) is 1.62. The average Bonchev–Trinajstić information content (AvgIpc) is 2.37. The second-order valence-corrected chi connectivity index (χ2v) is 4.05. The highest BCUT2D eigenvalue weighted by atomic mass is 16.6. The summed E-state index contributed by atoms with van der Waals surface area (Å²) in [6, 6.07) is 4.46. The lowest BCUT2D eigenvalue weighted by Crippen LogP contribution is -2.05. The van der Waals surface area contributed by atoms with Crippen molar-refractivity contribution < 1.29 is 4.92 Å². The smallest absolute Gasteiger partial charge is 0.276 e. The molecule has 2 aromatic rings. The predicted octanol–water partition coefficient (Wildman–Crippen LogP) is 1.89. The van der Waals surface area contributed by atoms with Crippen LogP contribution in [0.5, 0.6) is 0 Å². The number of aromatic nitrogens is 2. The second-order valence-electron chi connectivity index (χ2n) is 4.05. The Morgan fingerprint density at radius 1 is 1.47 bits per heavy atom. The lowest BCUT2D eigenvalue weighted by Gasteiger charge is -2.08. The summed E-state index contributed by atoms with van der Waals surface area (Å²) in [6.45, 7) is 2.45. The average molecular weight is 259 g/mol. The molecule has 0 spiro atoms. The topological polar surface area (TPSA) is 107 Å². The largest absolute Gasteiger partial charge is 0.383 e. The van der Waals surface area contributed by atoms with Crippen LogP contribution in [0.3, 0.4) is 0 Å². The third-order valence-electron chi connectivity index (χ3n) is 2.64. The van der Waals surface area contributed by atoms with Gasteiger partial charge in [0.05, 0.1) is 17.1 Å². The zero-order valence-electron chi connectivity index (χ0n) is 10.3. The van der Waals surface area contributed by atoms with E-state index in [0.717, 1.165) is 11.1 Å². The van der Waals surface area contributed by atoms with Crippen LogP contribution in [0.1, 0.15) is 11.1 Å². The number of nitrogen functional groups attached to an aromatic ring is 1. The minimum atomic E-state index is -0.499. The molecule has 0 aliphatic heterocycles. The molecule has 7 heteroatoms. The van der Waals surface area contributed by atoms with E-state index in [2.05, 4.69) is 15.3 Å². The van der Waals surface area contributed by atoms with Crippen molar-refractivity contribution in [1.82, 2.24) is 9.97 Å². The minimum Gasteiger partial charge on any atom is -0.383 e. The number of aryl methyl sites for hydroxylation is 1. The fraction of sp³-hybridized carbons (Fsp3) is 0.167. The first kappa shape index (κ1) is 12.7. The Kier molecular flexibility index (Phi) is 3.56. The van der Waals surface area contributed by atoms with Crippen LogP contribution in [0, 0.1) is 17.0 Å². The molecule has 0 atom stereocenters. The second kappa shape index (κ2) is 5.30. The van der Waals surface area contributed by atoms with Gasteiger partial charge in [-0.25, -0.2) is 4.98 Å². The summed E-state index contributed by atoms with van der Waals surface area (Å²) in [4.78, 5) is 18.2. The van der Waals surface area contributed by atoms with Gasteiger partial charge in [0, 0.05) is 18.9 Å². The van der Waals surface area contributed by atoms with E-state index in [9.17, 15) is 10.1 Å². The van der Waals surface area contributed by atoms with Gasteiger partial charge in [0.15, 0.2) is 0 Å². The highest BCUT2D eigenvalue weighted by Crippen LogP contribution is 2.19. The summed E-state index contributed by atoms with van der Waals surface area (Å²) in [5.41, 5.74) is 7.53. The maximum atomic E-state index is 10.7. The van der Waals surface area contributed by atoms with Gasteiger partial charge in [-0.1, -0.05) is 0 Å². The standard InChI is InChI=1S/C12H13N5O2/c1-8-6-14-3-2-9(8)7-15-12-5-10(17(18)19)4-11(13)16-12/h2-6H,7H2,1H3,(H3,13,15,16). The van der Waals surface area contributed by atoms with Crippen LogP contribution in [0.15, 0.2) is 30.6 Å². The monoisotopic (exact) mass is 259 g/mol. The van der Waals surface area contributed by atoms with Crippen molar-refractivity contribution in [2.75, 3.05) is 11.1 Å². The van der Waals surface area contributed by atoms with Crippen LogP contribution in [0.2, 0.25) is 0 Å². The van der Waals surface area contributed by atoms with Crippen molar-refractivity contribution in [3.63, 3.8) is 0 Å². The molecule has 0 radical (unpaired) electrons. The lowest BCUT2D eigenvalue weighted by molar-refractivity contribution is -0.384. The highest BCUT2D eigenvalue weighted by molar-refractivity contribution is 5.53. The molecule has 0 bridgehead atoms. The Bertz CT molecular complexity index is 615. The molecule has 2 heterocycles. The van der Waals surface area contributed by atoms with Crippen LogP contribution in [-0.2, 0) is 6.54 Å². The maximum Gasteiger partial charge on any atom is 0.276 e. The molecular formula is C12H13N5O2. The first-order chi connectivity index (χ1) is 9.06. The number of nitrogens with two attached hydrogens (primary N) is 1. The normalized spacial score (nSPS) is 10.2. The van der Waals surface area contributed by atoms with Gasteiger partial charge in [-0.05, 0) is 24.1 Å². The van der Waals surface area contributed by atoms with E-state index in [-0.39, 0.29) is 11.5 Å². The molecule has 0 aliphatic carbocycles. The van der Waals surface area contributed by atoms with E-state index in [1.165, 1.54) is 12.1 Å². The van der Waals surface area contributed by atoms with Gasteiger partial charge in [0.25, 0.3) is 5.69 Å². The van der Waals surface area contributed by atoms with E-state index in [1.807, 2.05) is 13.0 Å². The number of rotatable bonds is 4. The number of hydrogen-bond donors (Lipinski definition) is 2. The van der Waals surface area contributed by atoms with Crippen LogP contribution < -0.4 is 11.1 Å². The molecule has 0 aliphatic rings. The maximum absolute atomic E-state index is 10.7. The fourth-order valence-corrected chi connectivity index (χ4v) is 1.62. The number of nitrogens with one attached hydrogen (secondary N) is 1. The first-order valence-corrected chi connectivity index (χ1v) is 5.61. The molecule has 7 nitrogen and oxygen atoms in total. The molecule has 2 aromatic heterocycles. The quantitative estimate of drug-likeness (QED) is 0.641. The van der Waals surface area contributed by atoms with Gasteiger partial charge >= 0.3 is 0 Å². The summed E-state index contributed by atoms with van der Waals surface area (Å²) in [5.74, 6) is 0.492. The first-order valence-electron chi connectivity index (χ1n) is 5.61. The molecule has 98 valence electrons. The van der Waals surface area contributed by atoms with E-state index in [1.54, 1.807) is 12.4 Å². The van der Waals surface area contributed by atoms with Gasteiger partial charge in [-0.3, -0.25) is 15.1 Å². The Morgan fingerprint density at radius 2 is 2.26 bits per heavy atom. The van der Waals surface area contributed by atoms with Crippen molar-refractivity contribution in [2.45, 2.75) is 13.5 Å². The van der Waals surface area contributed by atoms with Gasteiger partial charge in [0.2, 0.25) is 0 Å². The molecular weight excluding hydrogens is 246 g/mol. The number of hydrogen-bond acceptors (Lipinski definition) is 6. The molecule has 3 N–H and O–H groups in total. The SMILES string of the molecule is Cc1cnccc1CNc1cc([N+](=O)[O-])cc(N)n1. The van der Waals surface area contributed by atoms with Gasteiger partial charge in [-0.2, -0.15) is 0 Å². The molecule has 19 heavy (non-hydrogen) atoms. The lowest BCUT2D eigenvalue weighted by atomic mass is 10.1. The third-order valence-corrected chi connectivity index (χ3v) is 2.64. The zero-order valence-corrected chi connectivity index (χ0v) is 10.3. The van der Waals surface area contributed by atoms with Crippen LogP contribution >= 0.6 is 0 Å². The Hall–Kier alpha value is -2.70.